The first kappa shape index (κ1) is 21.0. The van der Waals surface area contributed by atoms with Gasteiger partial charge in [-0.25, -0.2) is 0 Å². The first-order chi connectivity index (χ1) is 13.3. The molecule has 0 saturated heterocycles. The molecule has 0 amide bonds. The largest absolute Gasteiger partial charge is 0.396 e. The number of aliphatic hydroxyl groups is 1. The zero-order chi connectivity index (χ0) is 20.1. The summed E-state index contributed by atoms with van der Waals surface area (Å²) in [5.74, 6) is 6.67. The van der Waals surface area contributed by atoms with Crippen LogP contribution < -0.4 is 0 Å². The molecule has 0 bridgehead atoms. The minimum Gasteiger partial charge on any atom is -0.396 e. The zero-order valence-corrected chi connectivity index (χ0v) is 19.3. The molecule has 1 N–H and O–H groups in total. The minimum atomic E-state index is 0.432. The second-order valence-electron chi connectivity index (χ2n) is 12.2. The van der Waals surface area contributed by atoms with Crippen LogP contribution in [-0.2, 0) is 0 Å². The van der Waals surface area contributed by atoms with Crippen LogP contribution in [0.15, 0.2) is 12.2 Å². The quantitative estimate of drug-likeness (QED) is 0.499. The lowest BCUT2D eigenvalue weighted by atomic mass is 9.47. The van der Waals surface area contributed by atoms with Crippen molar-refractivity contribution in [3.8, 4) is 0 Å². The van der Waals surface area contributed by atoms with Crippen molar-refractivity contribution in [2.45, 2.75) is 92.4 Å². The monoisotopic (exact) mass is 386 g/mol. The van der Waals surface area contributed by atoms with E-state index in [1.54, 1.807) is 0 Å². The van der Waals surface area contributed by atoms with E-state index in [0.29, 0.717) is 23.4 Å². The lowest BCUT2D eigenvalue weighted by Crippen LogP contribution is -2.51. The molecule has 4 saturated carbocycles. The predicted octanol–water partition coefficient (Wildman–Crippen LogP) is 7.10. The molecule has 4 fully saturated rings. The van der Waals surface area contributed by atoms with Gasteiger partial charge < -0.3 is 5.11 Å². The van der Waals surface area contributed by atoms with Gasteiger partial charge in [-0.05, 0) is 116 Å². The summed E-state index contributed by atoms with van der Waals surface area (Å²) in [5.41, 5.74) is 1.10. The van der Waals surface area contributed by atoms with Gasteiger partial charge in [0.2, 0.25) is 0 Å². The van der Waals surface area contributed by atoms with Crippen molar-refractivity contribution in [1.29, 1.82) is 0 Å². The molecule has 4 rings (SSSR count). The van der Waals surface area contributed by atoms with E-state index in [2.05, 4.69) is 46.8 Å². The molecule has 4 unspecified atom stereocenters. The van der Waals surface area contributed by atoms with Crippen molar-refractivity contribution in [3.05, 3.63) is 12.2 Å². The van der Waals surface area contributed by atoms with Gasteiger partial charge in [0, 0.05) is 6.61 Å². The minimum absolute atomic E-state index is 0.432. The molecule has 160 valence electrons. The Bertz CT molecular complexity index is 579. The Balaban J connectivity index is 1.50. The normalized spacial score (nSPS) is 49.2. The average Bonchev–Trinajstić information content (AvgIpc) is 3.17. The van der Waals surface area contributed by atoms with Gasteiger partial charge in [0.1, 0.15) is 0 Å². The van der Waals surface area contributed by atoms with Gasteiger partial charge in [0.15, 0.2) is 0 Å². The summed E-state index contributed by atoms with van der Waals surface area (Å²) in [4.78, 5) is 0. The molecule has 0 aliphatic heterocycles. The summed E-state index contributed by atoms with van der Waals surface area (Å²) in [6, 6.07) is 0. The van der Waals surface area contributed by atoms with Gasteiger partial charge in [0.05, 0.1) is 0 Å². The van der Waals surface area contributed by atoms with Gasteiger partial charge >= 0.3 is 0 Å². The molecule has 4 aliphatic rings. The van der Waals surface area contributed by atoms with Gasteiger partial charge in [-0.2, -0.15) is 0 Å². The molecule has 1 heteroatoms. The van der Waals surface area contributed by atoms with Gasteiger partial charge in [-0.15, -0.1) is 0 Å². The number of hydrogen-bond donors (Lipinski definition) is 1. The molecule has 1 nitrogen and oxygen atoms in total. The van der Waals surface area contributed by atoms with E-state index in [-0.39, 0.29) is 0 Å². The highest BCUT2D eigenvalue weighted by molar-refractivity contribution is 5.12. The molecular weight excluding hydrogens is 340 g/mol. The highest BCUT2D eigenvalue weighted by atomic mass is 16.3. The maximum absolute atomic E-state index is 9.90. The van der Waals surface area contributed by atoms with Crippen LogP contribution in [-0.4, -0.2) is 11.7 Å². The third kappa shape index (κ3) is 3.23. The van der Waals surface area contributed by atoms with Crippen LogP contribution in [0, 0.1) is 58.2 Å². The van der Waals surface area contributed by atoms with E-state index in [9.17, 15) is 5.11 Å². The molecule has 0 spiro atoms. The number of aliphatic hydroxyl groups excluding tert-OH is 1. The fraction of sp³-hybridized carbons (Fsp3) is 0.926. The summed E-state index contributed by atoms with van der Waals surface area (Å²) >= 11 is 0. The smallest absolute Gasteiger partial charge is 0.0462 e. The van der Waals surface area contributed by atoms with E-state index in [0.717, 1.165) is 41.4 Å². The molecule has 4 aliphatic carbocycles. The third-order valence-electron chi connectivity index (χ3n) is 10.6. The topological polar surface area (TPSA) is 20.2 Å². The third-order valence-corrected chi connectivity index (χ3v) is 10.6. The SMILES string of the molecule is CC(C)C/C=C\[C@@H](C)C1CCC2C3CC[C@H]4[C@@H](CO)CC[C@]4(C)C3CC[C@@]21C. The average molecular weight is 387 g/mol. The summed E-state index contributed by atoms with van der Waals surface area (Å²) < 4.78 is 0. The van der Waals surface area contributed by atoms with E-state index in [1.165, 1.54) is 57.8 Å². The Morgan fingerprint density at radius 1 is 0.857 bits per heavy atom. The number of rotatable bonds is 5. The second kappa shape index (κ2) is 7.75. The molecular formula is C27H46O. The molecule has 0 aromatic rings. The standard InChI is InChI=1S/C27H46O/c1-18(2)7-6-8-19(3)22-11-12-24-21-9-10-23-20(17-28)13-15-27(23,5)25(21)14-16-26(22,24)4/h6,8,18-25,28H,7,9-17H2,1-5H3/b8-6-/t19-,20-,21?,22?,23+,24?,25?,26-,27+/m1/s1. The van der Waals surface area contributed by atoms with Crippen molar-refractivity contribution in [3.63, 3.8) is 0 Å². The fourth-order valence-corrected chi connectivity index (χ4v) is 9.15. The first-order valence-corrected chi connectivity index (χ1v) is 12.6. The fourth-order valence-electron chi connectivity index (χ4n) is 9.15. The Morgan fingerprint density at radius 3 is 2.25 bits per heavy atom. The maximum atomic E-state index is 9.90. The van der Waals surface area contributed by atoms with E-state index >= 15 is 0 Å². The van der Waals surface area contributed by atoms with Crippen molar-refractivity contribution < 1.29 is 5.11 Å². The first-order valence-electron chi connectivity index (χ1n) is 12.6. The molecule has 9 atom stereocenters. The van der Waals surface area contributed by atoms with Gasteiger partial charge in [-0.1, -0.05) is 46.8 Å². The highest BCUT2D eigenvalue weighted by Crippen LogP contribution is 2.69. The van der Waals surface area contributed by atoms with Crippen molar-refractivity contribution >= 4 is 0 Å². The van der Waals surface area contributed by atoms with Crippen LogP contribution in [0.1, 0.15) is 92.4 Å². The molecule has 0 heterocycles. The molecule has 0 aromatic carbocycles. The molecule has 0 radical (unpaired) electrons. The summed E-state index contributed by atoms with van der Waals surface area (Å²) in [5, 5.41) is 9.90. The Labute approximate surface area is 174 Å². The van der Waals surface area contributed by atoms with Crippen LogP contribution in [0.25, 0.3) is 0 Å². The predicted molar refractivity (Wildman–Crippen MR) is 119 cm³/mol. The lowest BCUT2D eigenvalue weighted by molar-refractivity contribution is -0.0956. The van der Waals surface area contributed by atoms with Crippen LogP contribution in [0.5, 0.6) is 0 Å². The maximum Gasteiger partial charge on any atom is 0.0462 e. The highest BCUT2D eigenvalue weighted by Gasteiger charge is 2.61. The van der Waals surface area contributed by atoms with Crippen LogP contribution in [0.4, 0.5) is 0 Å². The van der Waals surface area contributed by atoms with Crippen molar-refractivity contribution in [1.82, 2.24) is 0 Å². The Kier molecular flexibility index (Phi) is 5.80. The number of hydrogen-bond acceptors (Lipinski definition) is 1. The van der Waals surface area contributed by atoms with E-state index in [1.807, 2.05) is 0 Å². The Morgan fingerprint density at radius 2 is 1.54 bits per heavy atom. The summed E-state index contributed by atoms with van der Waals surface area (Å²) in [7, 11) is 0. The van der Waals surface area contributed by atoms with Crippen LogP contribution in [0.2, 0.25) is 0 Å². The Hall–Kier alpha value is -0.300. The second-order valence-corrected chi connectivity index (χ2v) is 12.2. The van der Waals surface area contributed by atoms with Crippen molar-refractivity contribution in [2.75, 3.05) is 6.61 Å². The lowest BCUT2D eigenvalue weighted by Gasteiger charge is -2.58. The summed E-state index contributed by atoms with van der Waals surface area (Å²) in [6.07, 6.45) is 17.6. The van der Waals surface area contributed by atoms with Gasteiger partial charge in [0.25, 0.3) is 0 Å². The van der Waals surface area contributed by atoms with Crippen molar-refractivity contribution in [2.24, 2.45) is 58.2 Å². The summed E-state index contributed by atoms with van der Waals surface area (Å²) in [6.45, 7) is 12.9. The molecule has 0 aromatic heterocycles. The number of allylic oxidation sites excluding steroid dienone is 2. The van der Waals surface area contributed by atoms with E-state index in [4.69, 9.17) is 0 Å². The van der Waals surface area contributed by atoms with Crippen LogP contribution in [0.3, 0.4) is 0 Å². The molecule has 28 heavy (non-hydrogen) atoms. The van der Waals surface area contributed by atoms with Crippen LogP contribution >= 0.6 is 0 Å². The number of fused-ring (bicyclic) bond motifs is 5. The zero-order valence-electron chi connectivity index (χ0n) is 19.3. The van der Waals surface area contributed by atoms with Gasteiger partial charge in [-0.3, -0.25) is 0 Å². The van der Waals surface area contributed by atoms with E-state index < -0.39 is 0 Å².